The van der Waals surface area contributed by atoms with E-state index < -0.39 is 29.5 Å². The zero-order valence-corrected chi connectivity index (χ0v) is 22.9. The van der Waals surface area contributed by atoms with E-state index in [-0.39, 0.29) is 34.4 Å². The quantitative estimate of drug-likeness (QED) is 0.399. The van der Waals surface area contributed by atoms with Crippen LogP contribution in [0.25, 0.3) is 0 Å². The van der Waals surface area contributed by atoms with E-state index in [0.717, 1.165) is 19.1 Å². The number of esters is 1. The van der Waals surface area contributed by atoms with E-state index in [2.05, 4.69) is 34.6 Å². The smallest absolute Gasteiger partial charge is 0.308 e. The molecule has 0 saturated heterocycles. The van der Waals surface area contributed by atoms with Crippen LogP contribution in [0, 0.1) is 45.3 Å². The molecule has 0 unspecified atom stereocenters. The lowest BCUT2D eigenvalue weighted by atomic mass is 9.34. The van der Waals surface area contributed by atoms with Crippen molar-refractivity contribution in [3.8, 4) is 0 Å². The van der Waals surface area contributed by atoms with Crippen LogP contribution in [-0.4, -0.2) is 35.4 Å². The van der Waals surface area contributed by atoms with Gasteiger partial charge in [0.05, 0.1) is 18.4 Å². The maximum absolute atomic E-state index is 12.9. The maximum atomic E-state index is 12.9. The van der Waals surface area contributed by atoms with Crippen molar-refractivity contribution in [1.29, 1.82) is 0 Å². The number of hydrogen-bond acceptors (Lipinski definition) is 5. The Morgan fingerprint density at radius 2 is 1.74 bits per heavy atom. The molecule has 3 saturated carbocycles. The minimum absolute atomic E-state index is 0.000671. The number of hydrogen-bond donors (Lipinski definition) is 1. The molecule has 0 heterocycles. The Hall–Kier alpha value is -1.49. The fraction of sp³-hybridized carbons (Fsp3) is 0.833. The Morgan fingerprint density at radius 3 is 2.34 bits per heavy atom. The molecule has 0 aromatic rings. The Kier molecular flexibility index (Phi) is 6.69. The maximum Gasteiger partial charge on any atom is 0.308 e. The summed E-state index contributed by atoms with van der Waals surface area (Å²) in [4.78, 5) is 38.1. The summed E-state index contributed by atoms with van der Waals surface area (Å²) in [6, 6.07) is 0. The van der Waals surface area contributed by atoms with Gasteiger partial charge in [0.2, 0.25) is 0 Å². The summed E-state index contributed by atoms with van der Waals surface area (Å²) in [6.45, 7) is 15.0. The van der Waals surface area contributed by atoms with Crippen molar-refractivity contribution in [1.82, 2.24) is 0 Å². The average molecular weight is 487 g/mol. The number of carbonyl (C=O) groups is 3. The number of aldehydes is 1. The van der Waals surface area contributed by atoms with Gasteiger partial charge in [0.15, 0.2) is 5.78 Å². The summed E-state index contributed by atoms with van der Waals surface area (Å²) in [5, 5.41) is 9.83. The lowest BCUT2D eigenvalue weighted by molar-refractivity contribution is -0.239. The van der Waals surface area contributed by atoms with Crippen LogP contribution in [0.3, 0.4) is 0 Å². The highest BCUT2D eigenvalue weighted by atomic mass is 16.5. The molecule has 5 heteroatoms. The molecule has 0 amide bonds. The zero-order valence-electron chi connectivity index (χ0n) is 22.9. The van der Waals surface area contributed by atoms with E-state index in [1.54, 1.807) is 6.92 Å². The number of aliphatic hydroxyl groups is 1. The summed E-state index contributed by atoms with van der Waals surface area (Å²) < 4.78 is 6.21. The molecular formula is C30H46O5. The van der Waals surface area contributed by atoms with Crippen LogP contribution >= 0.6 is 0 Å². The number of rotatable bonds is 5. The van der Waals surface area contributed by atoms with Crippen molar-refractivity contribution in [3.05, 3.63) is 11.6 Å². The second kappa shape index (κ2) is 8.82. The average Bonchev–Trinajstić information content (AvgIpc) is 2.73. The number of ketones is 1. The normalized spacial score (nSPS) is 45.1. The molecule has 196 valence electrons. The minimum atomic E-state index is -0.781. The third-order valence-electron chi connectivity index (χ3n) is 11.4. The monoisotopic (exact) mass is 486 g/mol. The van der Waals surface area contributed by atoms with Crippen molar-refractivity contribution >= 4 is 18.0 Å². The number of aliphatic hydroxyl groups excluding tert-OH is 1. The van der Waals surface area contributed by atoms with Crippen molar-refractivity contribution in [2.45, 2.75) is 112 Å². The zero-order chi connectivity index (χ0) is 26.0. The fourth-order valence-electron chi connectivity index (χ4n) is 9.90. The molecule has 0 aliphatic heterocycles. The third kappa shape index (κ3) is 3.95. The molecule has 0 radical (unpaired) electrons. The molecule has 1 N–H and O–H groups in total. The standard InChI is InChI=1S/C30H46O5/c1-18(32)15-26(34)35-25-16-24-28(5)13-8-12-27(3,4)22(28)11-14-29(24,6)23-10-9-20(19(2)33)21(17-31)30(23,25)7/h9,17-18,21-25,32H,8,10-16H2,1-7H3/t18-,21-,22-,23-,24+,25+,28-,29-,30+/m0/s1. The minimum Gasteiger partial charge on any atom is -0.462 e. The van der Waals surface area contributed by atoms with Crippen LogP contribution < -0.4 is 0 Å². The Morgan fingerprint density at radius 1 is 1.09 bits per heavy atom. The van der Waals surface area contributed by atoms with Crippen LogP contribution in [-0.2, 0) is 19.1 Å². The molecule has 5 nitrogen and oxygen atoms in total. The van der Waals surface area contributed by atoms with Gasteiger partial charge in [-0.15, -0.1) is 0 Å². The van der Waals surface area contributed by atoms with Crippen LogP contribution in [0.4, 0.5) is 0 Å². The largest absolute Gasteiger partial charge is 0.462 e. The highest BCUT2D eigenvalue weighted by Crippen LogP contribution is 2.73. The molecule has 35 heavy (non-hydrogen) atoms. The molecule has 0 aromatic heterocycles. The molecule has 4 aliphatic carbocycles. The van der Waals surface area contributed by atoms with Crippen molar-refractivity contribution in [2.24, 2.45) is 45.3 Å². The lowest BCUT2D eigenvalue weighted by Gasteiger charge is -2.70. The molecule has 3 fully saturated rings. The van der Waals surface area contributed by atoms with Gasteiger partial charge < -0.3 is 14.6 Å². The predicted molar refractivity (Wildman–Crippen MR) is 135 cm³/mol. The highest BCUT2D eigenvalue weighted by molar-refractivity contribution is 5.97. The van der Waals surface area contributed by atoms with Crippen molar-refractivity contribution in [2.75, 3.05) is 0 Å². The van der Waals surface area contributed by atoms with Crippen molar-refractivity contribution in [3.63, 3.8) is 0 Å². The van der Waals surface area contributed by atoms with E-state index in [4.69, 9.17) is 4.74 Å². The fourth-order valence-corrected chi connectivity index (χ4v) is 9.90. The van der Waals surface area contributed by atoms with Gasteiger partial charge in [0.25, 0.3) is 0 Å². The van der Waals surface area contributed by atoms with Crippen LogP contribution in [0.15, 0.2) is 11.6 Å². The van der Waals surface area contributed by atoms with Gasteiger partial charge in [-0.1, -0.05) is 47.1 Å². The molecular weight excluding hydrogens is 440 g/mol. The molecule has 4 aliphatic rings. The van der Waals surface area contributed by atoms with Crippen molar-refractivity contribution < 1.29 is 24.2 Å². The Bertz CT molecular complexity index is 918. The molecule has 9 atom stereocenters. The van der Waals surface area contributed by atoms with Crippen LogP contribution in [0.2, 0.25) is 0 Å². The first-order valence-corrected chi connectivity index (χ1v) is 13.8. The first kappa shape index (κ1) is 26.6. The highest BCUT2D eigenvalue weighted by Gasteiger charge is 2.69. The summed E-state index contributed by atoms with van der Waals surface area (Å²) in [7, 11) is 0. The molecule has 0 spiro atoms. The first-order valence-electron chi connectivity index (χ1n) is 13.8. The Labute approximate surface area is 211 Å². The van der Waals surface area contributed by atoms with Gasteiger partial charge in [-0.05, 0) is 86.4 Å². The molecule has 0 bridgehead atoms. The van der Waals surface area contributed by atoms with E-state index >= 15 is 0 Å². The van der Waals surface area contributed by atoms with Gasteiger partial charge >= 0.3 is 5.97 Å². The summed E-state index contributed by atoms with van der Waals surface area (Å²) in [5.74, 6) is 0.0453. The van der Waals surface area contributed by atoms with Gasteiger partial charge in [0, 0.05) is 11.0 Å². The van der Waals surface area contributed by atoms with E-state index in [1.165, 1.54) is 32.6 Å². The van der Waals surface area contributed by atoms with Crippen LogP contribution in [0.5, 0.6) is 0 Å². The lowest BCUT2D eigenvalue weighted by Crippen LogP contribution is -2.67. The number of ether oxygens (including phenoxy) is 1. The molecule has 0 aromatic carbocycles. The van der Waals surface area contributed by atoms with E-state index in [1.807, 2.05) is 6.08 Å². The summed E-state index contributed by atoms with van der Waals surface area (Å²) in [5.41, 5.74) is 0.348. The second-order valence-electron chi connectivity index (χ2n) is 13.7. The number of fused-ring (bicyclic) bond motifs is 5. The second-order valence-corrected chi connectivity index (χ2v) is 13.7. The Balaban J connectivity index is 1.83. The topological polar surface area (TPSA) is 80.7 Å². The van der Waals surface area contributed by atoms with E-state index in [0.29, 0.717) is 23.8 Å². The van der Waals surface area contributed by atoms with Gasteiger partial charge in [-0.2, -0.15) is 0 Å². The number of Topliss-reactive ketones (excluding diaryl/α,β-unsaturated/α-hetero) is 1. The molecule has 4 rings (SSSR count). The van der Waals surface area contributed by atoms with Crippen LogP contribution in [0.1, 0.15) is 99.8 Å². The summed E-state index contributed by atoms with van der Waals surface area (Å²) >= 11 is 0. The van der Waals surface area contributed by atoms with Gasteiger partial charge in [-0.25, -0.2) is 0 Å². The predicted octanol–water partition coefficient (Wildman–Crippen LogP) is 5.68. The third-order valence-corrected chi connectivity index (χ3v) is 11.4. The first-order chi connectivity index (χ1) is 16.2. The number of allylic oxidation sites excluding steroid dienone is 2. The number of carbonyl (C=O) groups excluding carboxylic acids is 3. The van der Waals surface area contributed by atoms with E-state index in [9.17, 15) is 19.5 Å². The van der Waals surface area contributed by atoms with Gasteiger partial charge in [0.1, 0.15) is 12.4 Å². The summed E-state index contributed by atoms with van der Waals surface area (Å²) in [6.07, 6.45) is 9.02. The SMILES string of the molecule is CC(=O)C1=CC[C@H]2[C@]3(C)CC[C@H]4C(C)(C)CCC[C@]4(C)[C@H]3C[C@@H](OC(=O)C[C@H](C)O)[C@]2(C)[C@H]1C=O. The van der Waals surface area contributed by atoms with Gasteiger partial charge in [-0.3, -0.25) is 9.59 Å².